The Morgan fingerprint density at radius 1 is 1.48 bits per heavy atom. The van der Waals surface area contributed by atoms with Crippen LogP contribution in [0.3, 0.4) is 0 Å². The Bertz CT molecular complexity index is 729. The van der Waals surface area contributed by atoms with Crippen LogP contribution in [0.15, 0.2) is 29.4 Å². The molecule has 2 aromatic rings. The van der Waals surface area contributed by atoms with E-state index in [0.717, 1.165) is 12.8 Å². The van der Waals surface area contributed by atoms with Gasteiger partial charge in [0.25, 0.3) is 5.91 Å². The van der Waals surface area contributed by atoms with Gasteiger partial charge >= 0.3 is 0 Å². The zero-order valence-corrected chi connectivity index (χ0v) is 14.3. The minimum atomic E-state index is -0.449. The van der Waals surface area contributed by atoms with Crippen LogP contribution >= 0.6 is 0 Å². The quantitative estimate of drug-likeness (QED) is 0.832. The molecule has 0 aromatic carbocycles. The molecule has 1 amide bonds. The third-order valence-electron chi connectivity index (χ3n) is 4.92. The van der Waals surface area contributed by atoms with E-state index in [-0.39, 0.29) is 12.0 Å². The van der Waals surface area contributed by atoms with E-state index in [1.807, 2.05) is 4.90 Å². The van der Waals surface area contributed by atoms with E-state index >= 15 is 0 Å². The Morgan fingerprint density at radius 2 is 2.40 bits per heavy atom. The second-order valence-corrected chi connectivity index (χ2v) is 6.75. The van der Waals surface area contributed by atoms with E-state index in [4.69, 9.17) is 13.9 Å². The summed E-state index contributed by atoms with van der Waals surface area (Å²) in [4.78, 5) is 18.6. The van der Waals surface area contributed by atoms with Gasteiger partial charge in [-0.25, -0.2) is 4.98 Å². The molecular weight excluding hydrogens is 324 g/mol. The van der Waals surface area contributed by atoms with Crippen LogP contribution in [-0.2, 0) is 16.0 Å². The van der Waals surface area contributed by atoms with Crippen molar-refractivity contribution in [2.75, 3.05) is 26.3 Å². The molecule has 2 aliphatic heterocycles. The van der Waals surface area contributed by atoms with Crippen LogP contribution in [0.2, 0.25) is 0 Å². The highest BCUT2D eigenvalue weighted by molar-refractivity contribution is 5.95. The second-order valence-electron chi connectivity index (χ2n) is 6.75. The Labute approximate surface area is 145 Å². The molecule has 0 unspecified atom stereocenters. The molecule has 2 fully saturated rings. The Hall–Kier alpha value is -2.19. The predicted molar refractivity (Wildman–Crippen MR) is 87.0 cm³/mol. The average Bonchev–Trinajstić information content (AvgIpc) is 3.30. The maximum atomic E-state index is 12.8. The molecule has 8 nitrogen and oxygen atoms in total. The van der Waals surface area contributed by atoms with Crippen LogP contribution in [0.25, 0.3) is 0 Å². The minimum Gasteiger partial charge on any atom is -0.469 e. The summed E-state index contributed by atoms with van der Waals surface area (Å²) < 4.78 is 19.2. The van der Waals surface area contributed by atoms with Crippen molar-refractivity contribution < 1.29 is 18.7 Å². The first kappa shape index (κ1) is 16.3. The summed E-state index contributed by atoms with van der Waals surface area (Å²) >= 11 is 0. The molecule has 8 heteroatoms. The van der Waals surface area contributed by atoms with Gasteiger partial charge < -0.3 is 18.8 Å². The number of furan rings is 1. The highest BCUT2D eigenvalue weighted by atomic mass is 16.6. The lowest BCUT2D eigenvalue weighted by molar-refractivity contribution is -0.0881. The molecule has 134 valence electrons. The molecule has 4 rings (SSSR count). The summed E-state index contributed by atoms with van der Waals surface area (Å²) in [6.07, 6.45) is 6.59. The predicted octanol–water partition coefficient (Wildman–Crippen LogP) is 1.27. The van der Waals surface area contributed by atoms with Gasteiger partial charge in [0.1, 0.15) is 24.0 Å². The van der Waals surface area contributed by atoms with Crippen molar-refractivity contribution in [2.24, 2.45) is 0 Å². The van der Waals surface area contributed by atoms with Crippen molar-refractivity contribution in [1.82, 2.24) is 19.7 Å². The van der Waals surface area contributed by atoms with Crippen LogP contribution < -0.4 is 0 Å². The summed E-state index contributed by atoms with van der Waals surface area (Å²) in [6, 6.07) is 1.72. The van der Waals surface area contributed by atoms with E-state index < -0.39 is 5.60 Å². The number of hydrogen-bond acceptors (Lipinski definition) is 6. The number of carbonyl (C=O) groups excluding carboxylic acids is 1. The second kappa shape index (κ2) is 6.61. The molecule has 0 saturated carbocycles. The molecular formula is C17H22N4O4. The van der Waals surface area contributed by atoms with Gasteiger partial charge in [-0.05, 0) is 25.8 Å². The van der Waals surface area contributed by atoms with Crippen molar-refractivity contribution in [3.05, 3.63) is 36.3 Å². The maximum Gasteiger partial charge on any atom is 0.257 e. The van der Waals surface area contributed by atoms with Crippen molar-refractivity contribution in [2.45, 2.75) is 38.0 Å². The Balaban J connectivity index is 1.46. The maximum absolute atomic E-state index is 12.8. The largest absolute Gasteiger partial charge is 0.469 e. The minimum absolute atomic E-state index is 0.0283. The van der Waals surface area contributed by atoms with E-state index in [2.05, 4.69) is 10.1 Å². The molecule has 2 aromatic heterocycles. The number of hydrogen-bond donors (Lipinski definition) is 0. The zero-order valence-electron chi connectivity index (χ0n) is 14.3. The zero-order chi connectivity index (χ0) is 17.3. The van der Waals surface area contributed by atoms with Crippen LogP contribution in [0, 0.1) is 6.92 Å². The van der Waals surface area contributed by atoms with Gasteiger partial charge in [-0.15, -0.1) is 0 Å². The lowest BCUT2D eigenvalue weighted by Crippen LogP contribution is -2.47. The average molecular weight is 346 g/mol. The topological polar surface area (TPSA) is 82.6 Å². The van der Waals surface area contributed by atoms with Crippen molar-refractivity contribution in [3.8, 4) is 0 Å². The fraction of sp³-hybridized carbons (Fsp3) is 0.588. The van der Waals surface area contributed by atoms with Crippen LogP contribution in [0.1, 0.15) is 29.0 Å². The highest BCUT2D eigenvalue weighted by Crippen LogP contribution is 2.34. The van der Waals surface area contributed by atoms with Gasteiger partial charge in [0, 0.05) is 6.54 Å². The highest BCUT2D eigenvalue weighted by Gasteiger charge is 2.44. The fourth-order valence-corrected chi connectivity index (χ4v) is 3.64. The standard InChI is InChI=1S/C17H22N4O4/c1-13-15(3-6-24-13)16(22)20-5-7-23-10-17(9-20)4-2-14(25-17)8-21-12-18-11-19-21/h3,6,11-12,14H,2,4-5,7-10H2,1H3/t14-,17+/m0/s1. The summed E-state index contributed by atoms with van der Waals surface area (Å²) in [5, 5.41) is 4.14. The first-order chi connectivity index (χ1) is 12.2. The summed E-state index contributed by atoms with van der Waals surface area (Å²) in [5.41, 5.74) is 0.156. The van der Waals surface area contributed by atoms with Gasteiger partial charge in [0.15, 0.2) is 0 Å². The van der Waals surface area contributed by atoms with E-state index in [0.29, 0.717) is 44.2 Å². The molecule has 2 aliphatic rings. The van der Waals surface area contributed by atoms with E-state index in [1.54, 1.807) is 30.3 Å². The van der Waals surface area contributed by atoms with Crippen LogP contribution in [0.5, 0.6) is 0 Å². The van der Waals surface area contributed by atoms with Crippen LogP contribution in [-0.4, -0.2) is 63.6 Å². The van der Waals surface area contributed by atoms with Gasteiger partial charge in [-0.3, -0.25) is 9.48 Å². The van der Waals surface area contributed by atoms with E-state index in [1.165, 1.54) is 6.33 Å². The molecule has 0 radical (unpaired) electrons. The van der Waals surface area contributed by atoms with Crippen molar-refractivity contribution in [3.63, 3.8) is 0 Å². The number of amides is 1. The number of ether oxygens (including phenoxy) is 2. The van der Waals surface area contributed by atoms with Gasteiger partial charge in [-0.1, -0.05) is 0 Å². The molecule has 25 heavy (non-hydrogen) atoms. The molecule has 0 bridgehead atoms. The number of nitrogens with zero attached hydrogens (tertiary/aromatic N) is 4. The third kappa shape index (κ3) is 3.32. The van der Waals surface area contributed by atoms with Crippen LogP contribution in [0.4, 0.5) is 0 Å². The normalized spacial score (nSPS) is 26.9. The Morgan fingerprint density at radius 3 is 3.16 bits per heavy atom. The number of aryl methyl sites for hydroxylation is 1. The molecule has 0 aliphatic carbocycles. The molecule has 2 atom stereocenters. The van der Waals surface area contributed by atoms with Crippen molar-refractivity contribution >= 4 is 5.91 Å². The third-order valence-corrected chi connectivity index (χ3v) is 4.92. The molecule has 4 heterocycles. The first-order valence-corrected chi connectivity index (χ1v) is 8.57. The van der Waals surface area contributed by atoms with Crippen molar-refractivity contribution in [1.29, 1.82) is 0 Å². The summed E-state index contributed by atoms with van der Waals surface area (Å²) in [5.74, 6) is 0.611. The van der Waals surface area contributed by atoms with Gasteiger partial charge in [0.2, 0.25) is 0 Å². The summed E-state index contributed by atoms with van der Waals surface area (Å²) in [6.45, 7) is 4.58. The Kier molecular flexibility index (Phi) is 4.30. The lowest BCUT2D eigenvalue weighted by atomic mass is 9.99. The number of rotatable bonds is 3. The molecule has 1 spiro atoms. The van der Waals surface area contributed by atoms with Gasteiger partial charge in [-0.2, -0.15) is 5.10 Å². The van der Waals surface area contributed by atoms with E-state index in [9.17, 15) is 4.79 Å². The first-order valence-electron chi connectivity index (χ1n) is 8.57. The smallest absolute Gasteiger partial charge is 0.257 e. The lowest BCUT2D eigenvalue weighted by Gasteiger charge is -2.32. The fourth-order valence-electron chi connectivity index (χ4n) is 3.64. The van der Waals surface area contributed by atoms with Gasteiger partial charge in [0.05, 0.1) is 44.2 Å². The molecule has 2 saturated heterocycles. The monoisotopic (exact) mass is 346 g/mol. The SMILES string of the molecule is Cc1occc1C(=O)N1CCOC[C@@]2(CC[C@@H](Cn3cncn3)O2)C1. The summed E-state index contributed by atoms with van der Waals surface area (Å²) in [7, 11) is 0. The molecule has 0 N–H and O–H groups in total. The number of carbonyl (C=O) groups is 1. The number of aromatic nitrogens is 3.